The summed E-state index contributed by atoms with van der Waals surface area (Å²) in [6.07, 6.45) is 0.855. The average molecular weight is 295 g/mol. The van der Waals surface area contributed by atoms with E-state index in [1.165, 1.54) is 0 Å². The molecule has 1 heterocycles. The summed E-state index contributed by atoms with van der Waals surface area (Å²) >= 11 is 0. The molecule has 0 radical (unpaired) electrons. The first-order valence-electron chi connectivity index (χ1n) is 7.35. The number of ether oxygens (including phenoxy) is 1. The van der Waals surface area contributed by atoms with Gasteiger partial charge in [-0.15, -0.1) is 0 Å². The highest BCUT2D eigenvalue weighted by Crippen LogP contribution is 2.43. The van der Waals surface area contributed by atoms with Gasteiger partial charge in [-0.2, -0.15) is 0 Å². The molecule has 2 atom stereocenters. The van der Waals surface area contributed by atoms with Crippen LogP contribution in [0.4, 0.5) is 0 Å². The molecule has 0 bridgehead atoms. The Labute approximate surface area is 125 Å². The number of furan rings is 1. The molecule has 2 N–H and O–H groups in total. The molecule has 1 aliphatic carbocycles. The highest BCUT2D eigenvalue weighted by molar-refractivity contribution is 5.93. The normalized spacial score (nSPS) is 21.7. The van der Waals surface area contributed by atoms with Crippen LogP contribution >= 0.6 is 0 Å². The van der Waals surface area contributed by atoms with Crippen molar-refractivity contribution in [2.45, 2.75) is 52.7 Å². The molecule has 0 spiro atoms. The van der Waals surface area contributed by atoms with Crippen LogP contribution in [0, 0.1) is 12.3 Å². The zero-order valence-electron chi connectivity index (χ0n) is 13.4. The molecule has 1 amide bonds. The topological polar surface area (TPSA) is 71.7 Å². The van der Waals surface area contributed by atoms with Gasteiger partial charge in [0.1, 0.15) is 5.76 Å². The maximum Gasteiger partial charge on any atom is 0.287 e. The van der Waals surface area contributed by atoms with Gasteiger partial charge in [0.25, 0.3) is 5.91 Å². The average Bonchev–Trinajstić information content (AvgIpc) is 2.64. The van der Waals surface area contributed by atoms with E-state index in [4.69, 9.17) is 9.15 Å². The molecule has 1 aromatic heterocycles. The fourth-order valence-electron chi connectivity index (χ4n) is 3.08. The van der Waals surface area contributed by atoms with Crippen LogP contribution in [-0.4, -0.2) is 30.8 Å². The molecule has 2 rings (SSSR count). The van der Waals surface area contributed by atoms with Crippen molar-refractivity contribution in [2.24, 2.45) is 5.41 Å². The zero-order valence-corrected chi connectivity index (χ0v) is 13.4. The van der Waals surface area contributed by atoms with Gasteiger partial charge in [-0.1, -0.05) is 13.8 Å². The number of aliphatic hydroxyl groups is 1. The zero-order chi connectivity index (χ0) is 15.8. The molecule has 118 valence electrons. The van der Waals surface area contributed by atoms with E-state index in [1.807, 2.05) is 13.8 Å². The minimum atomic E-state index is -0.564. The fourth-order valence-corrected chi connectivity index (χ4v) is 3.08. The number of hydrogen-bond acceptors (Lipinski definition) is 4. The van der Waals surface area contributed by atoms with E-state index in [1.54, 1.807) is 7.11 Å². The summed E-state index contributed by atoms with van der Waals surface area (Å²) in [5, 5.41) is 13.2. The third-order valence-corrected chi connectivity index (χ3v) is 3.99. The molecule has 1 aromatic rings. The van der Waals surface area contributed by atoms with Crippen molar-refractivity contribution in [3.05, 3.63) is 22.6 Å². The molecule has 0 aliphatic heterocycles. The Balaban J connectivity index is 2.26. The van der Waals surface area contributed by atoms with Gasteiger partial charge in [0.05, 0.1) is 12.7 Å². The smallest absolute Gasteiger partial charge is 0.287 e. The Morgan fingerprint density at radius 2 is 2.24 bits per heavy atom. The second-order valence-corrected chi connectivity index (χ2v) is 6.78. The van der Waals surface area contributed by atoms with Gasteiger partial charge in [-0.05, 0) is 25.7 Å². The van der Waals surface area contributed by atoms with E-state index in [-0.39, 0.29) is 17.4 Å². The molecular weight excluding hydrogens is 270 g/mol. The number of hydrogen-bond donors (Lipinski definition) is 2. The highest BCUT2D eigenvalue weighted by Gasteiger charge is 2.37. The number of carbonyl (C=O) groups is 1. The van der Waals surface area contributed by atoms with Crippen molar-refractivity contribution in [3.8, 4) is 0 Å². The molecular formula is C16H25NO4. The van der Waals surface area contributed by atoms with Crippen molar-refractivity contribution in [1.29, 1.82) is 0 Å². The van der Waals surface area contributed by atoms with Gasteiger partial charge in [0.15, 0.2) is 5.76 Å². The molecule has 0 unspecified atom stereocenters. The summed E-state index contributed by atoms with van der Waals surface area (Å²) < 4.78 is 10.8. The number of methoxy groups -OCH3 is 1. The first-order chi connectivity index (χ1) is 9.75. The van der Waals surface area contributed by atoms with E-state index < -0.39 is 6.10 Å². The van der Waals surface area contributed by atoms with Gasteiger partial charge >= 0.3 is 0 Å². The van der Waals surface area contributed by atoms with Crippen LogP contribution in [0.5, 0.6) is 0 Å². The maximum atomic E-state index is 12.3. The van der Waals surface area contributed by atoms with Crippen LogP contribution < -0.4 is 5.32 Å². The SMILES string of the molecule is COC[C@H](C)NC(=O)c1oc2c(c1C)[C@H](O)CC(C)(C)C2. The summed E-state index contributed by atoms with van der Waals surface area (Å²) in [5.74, 6) is 0.789. The molecule has 0 saturated carbocycles. The Hall–Kier alpha value is -1.33. The Kier molecular flexibility index (Phi) is 4.44. The van der Waals surface area contributed by atoms with E-state index in [9.17, 15) is 9.90 Å². The highest BCUT2D eigenvalue weighted by atomic mass is 16.5. The van der Waals surface area contributed by atoms with Crippen LogP contribution in [-0.2, 0) is 11.2 Å². The largest absolute Gasteiger partial charge is 0.455 e. The minimum absolute atomic E-state index is 0.0200. The lowest BCUT2D eigenvalue weighted by Crippen LogP contribution is -2.35. The van der Waals surface area contributed by atoms with Crippen molar-refractivity contribution >= 4 is 5.91 Å². The van der Waals surface area contributed by atoms with Crippen molar-refractivity contribution in [1.82, 2.24) is 5.32 Å². The van der Waals surface area contributed by atoms with Gasteiger partial charge in [-0.3, -0.25) is 4.79 Å². The van der Waals surface area contributed by atoms with Crippen molar-refractivity contribution in [3.63, 3.8) is 0 Å². The summed E-state index contributed by atoms with van der Waals surface area (Å²) in [7, 11) is 1.60. The molecule has 1 aliphatic rings. The van der Waals surface area contributed by atoms with Crippen molar-refractivity contribution < 1.29 is 19.1 Å². The lowest BCUT2D eigenvalue weighted by molar-refractivity contribution is 0.0853. The number of fused-ring (bicyclic) bond motifs is 1. The van der Waals surface area contributed by atoms with E-state index in [2.05, 4.69) is 19.2 Å². The molecule has 0 saturated heterocycles. The monoisotopic (exact) mass is 295 g/mol. The van der Waals surface area contributed by atoms with E-state index in [0.29, 0.717) is 18.8 Å². The van der Waals surface area contributed by atoms with Crippen LogP contribution in [0.2, 0.25) is 0 Å². The molecule has 5 nitrogen and oxygen atoms in total. The van der Waals surface area contributed by atoms with Gasteiger partial charge < -0.3 is 19.6 Å². The van der Waals surface area contributed by atoms with Crippen LogP contribution in [0.3, 0.4) is 0 Å². The summed E-state index contributed by atoms with van der Waals surface area (Å²) in [4.78, 5) is 12.3. The second-order valence-electron chi connectivity index (χ2n) is 6.78. The maximum absolute atomic E-state index is 12.3. The standard InChI is InChI=1S/C16H25NO4/c1-9(8-20-5)17-15(19)14-10(2)13-11(18)6-16(3,4)7-12(13)21-14/h9,11,18H,6-8H2,1-5H3,(H,17,19)/t9-,11+/m0/s1. The van der Waals surface area contributed by atoms with Gasteiger partial charge in [-0.25, -0.2) is 0 Å². The second kappa shape index (κ2) is 5.81. The van der Waals surface area contributed by atoms with E-state index in [0.717, 1.165) is 23.3 Å². The predicted octanol–water partition coefficient (Wildman–Crippen LogP) is 2.36. The number of carbonyl (C=O) groups excluding carboxylic acids is 1. The van der Waals surface area contributed by atoms with Crippen LogP contribution in [0.15, 0.2) is 4.42 Å². The Morgan fingerprint density at radius 3 is 2.86 bits per heavy atom. The third kappa shape index (κ3) is 3.30. The first kappa shape index (κ1) is 16.0. The summed E-state index contributed by atoms with van der Waals surface area (Å²) in [6.45, 7) is 8.34. The number of rotatable bonds is 4. The van der Waals surface area contributed by atoms with Gasteiger partial charge in [0, 0.05) is 30.7 Å². The quantitative estimate of drug-likeness (QED) is 0.894. The Bertz CT molecular complexity index is 533. The number of nitrogens with one attached hydrogen (secondary N) is 1. The van der Waals surface area contributed by atoms with Crippen LogP contribution in [0.1, 0.15) is 60.7 Å². The lowest BCUT2D eigenvalue weighted by Gasteiger charge is -2.31. The summed E-state index contributed by atoms with van der Waals surface area (Å²) in [6, 6.07) is -0.0922. The number of amides is 1. The summed E-state index contributed by atoms with van der Waals surface area (Å²) in [5.41, 5.74) is 1.52. The third-order valence-electron chi connectivity index (χ3n) is 3.99. The van der Waals surface area contributed by atoms with Crippen LogP contribution in [0.25, 0.3) is 0 Å². The lowest BCUT2D eigenvalue weighted by atomic mass is 9.75. The molecule has 0 aromatic carbocycles. The number of aliphatic hydroxyl groups excluding tert-OH is 1. The Morgan fingerprint density at radius 1 is 1.57 bits per heavy atom. The van der Waals surface area contributed by atoms with Gasteiger partial charge in [0.2, 0.25) is 0 Å². The fraction of sp³-hybridized carbons (Fsp3) is 0.688. The molecule has 21 heavy (non-hydrogen) atoms. The van der Waals surface area contributed by atoms with Crippen molar-refractivity contribution in [2.75, 3.05) is 13.7 Å². The molecule has 0 fully saturated rings. The first-order valence-corrected chi connectivity index (χ1v) is 7.35. The predicted molar refractivity (Wildman–Crippen MR) is 79.3 cm³/mol. The molecule has 5 heteroatoms. The van der Waals surface area contributed by atoms with E-state index >= 15 is 0 Å². The minimum Gasteiger partial charge on any atom is -0.455 e.